The fourth-order valence-corrected chi connectivity index (χ4v) is 3.68. The third-order valence-corrected chi connectivity index (χ3v) is 5.71. The van der Waals surface area contributed by atoms with Crippen molar-refractivity contribution in [1.29, 1.82) is 0 Å². The highest BCUT2D eigenvalue weighted by atomic mass is 16.3. The molecular weight excluding hydrogens is 332 g/mol. The van der Waals surface area contributed by atoms with Crippen LogP contribution in [0, 0.1) is 0 Å². The highest BCUT2D eigenvalue weighted by molar-refractivity contribution is 4.49. The molecule has 0 aliphatic rings. The first kappa shape index (κ1) is 25.8. The Morgan fingerprint density at radius 3 is 0.846 bits per heavy atom. The summed E-state index contributed by atoms with van der Waals surface area (Å²) in [5.41, 5.74) is 0. The van der Waals surface area contributed by atoms with Gasteiger partial charge >= 0.3 is 0 Å². The highest BCUT2D eigenvalue weighted by Gasteiger charge is 2.20. The lowest BCUT2D eigenvalue weighted by molar-refractivity contribution is -0.910. The standard InChI is InChI=1S/C20H46N2O4/c1-21(13-17-23,14-18-24)11-9-7-5-3-4-6-8-10-12-22(2,15-19-25)16-20-26/h23-26H,3-20H2,1-2H3/q+2. The zero-order valence-electron chi connectivity index (χ0n) is 17.4. The molecule has 6 nitrogen and oxygen atoms in total. The van der Waals surface area contributed by atoms with E-state index in [9.17, 15) is 0 Å². The van der Waals surface area contributed by atoms with E-state index in [4.69, 9.17) is 20.4 Å². The SMILES string of the molecule is C[N+](CCO)(CCO)CCCCCCCCCC[N+](C)(CCO)CCO. The van der Waals surface area contributed by atoms with Gasteiger partial charge in [-0.25, -0.2) is 0 Å². The summed E-state index contributed by atoms with van der Waals surface area (Å²) in [6.45, 7) is 5.72. The van der Waals surface area contributed by atoms with Crippen LogP contribution in [-0.4, -0.2) is 109 Å². The van der Waals surface area contributed by atoms with Gasteiger partial charge in [0.05, 0.1) is 53.6 Å². The minimum absolute atomic E-state index is 0.185. The fraction of sp³-hybridized carbons (Fsp3) is 1.00. The molecule has 0 heterocycles. The third kappa shape index (κ3) is 13.0. The molecular formula is C20H46N2O4+2. The van der Waals surface area contributed by atoms with Crippen LogP contribution in [0.1, 0.15) is 51.4 Å². The number of unbranched alkanes of at least 4 members (excludes halogenated alkanes) is 7. The van der Waals surface area contributed by atoms with Crippen molar-refractivity contribution in [2.45, 2.75) is 51.4 Å². The Bertz CT molecular complexity index is 274. The summed E-state index contributed by atoms with van der Waals surface area (Å²) in [7, 11) is 4.23. The molecule has 0 aromatic heterocycles. The predicted octanol–water partition coefficient (Wildman–Crippen LogP) is 0.970. The first-order valence-corrected chi connectivity index (χ1v) is 10.6. The summed E-state index contributed by atoms with van der Waals surface area (Å²) in [6, 6.07) is 0. The third-order valence-electron chi connectivity index (χ3n) is 5.71. The van der Waals surface area contributed by atoms with Gasteiger partial charge in [-0.15, -0.1) is 0 Å². The molecule has 0 unspecified atom stereocenters. The van der Waals surface area contributed by atoms with Crippen LogP contribution in [0.3, 0.4) is 0 Å². The van der Waals surface area contributed by atoms with Gasteiger partial charge in [0.15, 0.2) is 0 Å². The summed E-state index contributed by atoms with van der Waals surface area (Å²) >= 11 is 0. The van der Waals surface area contributed by atoms with E-state index in [0.29, 0.717) is 0 Å². The molecule has 158 valence electrons. The molecule has 0 saturated carbocycles. The van der Waals surface area contributed by atoms with Crippen LogP contribution < -0.4 is 0 Å². The van der Waals surface area contributed by atoms with Crippen molar-refractivity contribution in [3.63, 3.8) is 0 Å². The van der Waals surface area contributed by atoms with Crippen LogP contribution >= 0.6 is 0 Å². The van der Waals surface area contributed by atoms with Crippen molar-refractivity contribution in [3.05, 3.63) is 0 Å². The van der Waals surface area contributed by atoms with Crippen LogP contribution in [-0.2, 0) is 0 Å². The number of hydrogen-bond donors (Lipinski definition) is 4. The zero-order valence-corrected chi connectivity index (χ0v) is 17.4. The van der Waals surface area contributed by atoms with E-state index in [1.165, 1.54) is 38.5 Å². The molecule has 0 amide bonds. The van der Waals surface area contributed by atoms with Crippen molar-refractivity contribution in [2.24, 2.45) is 0 Å². The van der Waals surface area contributed by atoms with Gasteiger partial charge < -0.3 is 29.4 Å². The summed E-state index contributed by atoms with van der Waals surface area (Å²) in [6.07, 6.45) is 9.87. The minimum atomic E-state index is 0.185. The summed E-state index contributed by atoms with van der Waals surface area (Å²) in [5.74, 6) is 0. The molecule has 0 aliphatic carbocycles. The van der Waals surface area contributed by atoms with E-state index in [1.807, 2.05) is 0 Å². The van der Waals surface area contributed by atoms with Crippen LogP contribution in [0.25, 0.3) is 0 Å². The molecule has 0 spiro atoms. The van der Waals surface area contributed by atoms with Gasteiger partial charge in [-0.2, -0.15) is 0 Å². The second kappa shape index (κ2) is 15.8. The number of aliphatic hydroxyl groups excluding tert-OH is 4. The van der Waals surface area contributed by atoms with Crippen molar-refractivity contribution in [2.75, 3.05) is 79.8 Å². The van der Waals surface area contributed by atoms with Crippen LogP contribution in [0.5, 0.6) is 0 Å². The molecule has 0 bridgehead atoms. The summed E-state index contributed by atoms with van der Waals surface area (Å²) < 4.78 is 1.54. The Balaban J connectivity index is 3.64. The monoisotopic (exact) mass is 378 g/mol. The van der Waals surface area contributed by atoms with Crippen LogP contribution in [0.2, 0.25) is 0 Å². The molecule has 0 aliphatic heterocycles. The Labute approximate surface area is 161 Å². The van der Waals surface area contributed by atoms with Crippen molar-refractivity contribution >= 4 is 0 Å². The molecule has 6 heteroatoms. The molecule has 4 N–H and O–H groups in total. The Kier molecular flexibility index (Phi) is 15.6. The van der Waals surface area contributed by atoms with E-state index < -0.39 is 0 Å². The maximum Gasteiger partial charge on any atom is 0.102 e. The lowest BCUT2D eigenvalue weighted by Crippen LogP contribution is -2.48. The number of aliphatic hydroxyl groups is 4. The van der Waals surface area contributed by atoms with Gasteiger partial charge in [0.2, 0.25) is 0 Å². The summed E-state index contributed by atoms with van der Waals surface area (Å²) in [5, 5.41) is 36.6. The van der Waals surface area contributed by atoms with Gasteiger partial charge in [-0.05, 0) is 25.7 Å². The van der Waals surface area contributed by atoms with Crippen molar-refractivity contribution in [3.8, 4) is 0 Å². The van der Waals surface area contributed by atoms with Crippen LogP contribution in [0.15, 0.2) is 0 Å². The minimum Gasteiger partial charge on any atom is -0.391 e. The Morgan fingerprint density at radius 2 is 0.615 bits per heavy atom. The number of rotatable bonds is 19. The van der Waals surface area contributed by atoms with Crippen LogP contribution in [0.4, 0.5) is 0 Å². The first-order valence-electron chi connectivity index (χ1n) is 10.6. The molecule has 0 rings (SSSR count). The molecule has 0 radical (unpaired) electrons. The predicted molar refractivity (Wildman–Crippen MR) is 107 cm³/mol. The summed E-state index contributed by atoms with van der Waals surface area (Å²) in [4.78, 5) is 0. The highest BCUT2D eigenvalue weighted by Crippen LogP contribution is 2.12. The molecule has 0 aromatic carbocycles. The molecule has 0 fully saturated rings. The average molecular weight is 379 g/mol. The van der Waals surface area contributed by atoms with Crippen molar-refractivity contribution < 1.29 is 29.4 Å². The second-order valence-electron chi connectivity index (χ2n) is 8.30. The van der Waals surface area contributed by atoms with Gasteiger partial charge in [-0.1, -0.05) is 25.7 Å². The van der Waals surface area contributed by atoms with Gasteiger partial charge in [0.1, 0.15) is 26.2 Å². The lowest BCUT2D eigenvalue weighted by Gasteiger charge is -2.33. The normalized spacial score (nSPS) is 12.7. The van der Waals surface area contributed by atoms with Crippen molar-refractivity contribution in [1.82, 2.24) is 0 Å². The van der Waals surface area contributed by atoms with E-state index in [-0.39, 0.29) is 26.4 Å². The molecule has 26 heavy (non-hydrogen) atoms. The Hall–Kier alpha value is -0.240. The maximum atomic E-state index is 9.16. The molecule has 0 saturated heterocycles. The topological polar surface area (TPSA) is 80.9 Å². The number of nitrogens with zero attached hydrogens (tertiary/aromatic N) is 2. The average Bonchev–Trinajstić information content (AvgIpc) is 2.57. The zero-order chi connectivity index (χ0) is 19.7. The van der Waals surface area contributed by atoms with E-state index >= 15 is 0 Å². The van der Waals surface area contributed by atoms with E-state index in [1.54, 1.807) is 0 Å². The second-order valence-corrected chi connectivity index (χ2v) is 8.30. The quantitative estimate of drug-likeness (QED) is 0.199. The Morgan fingerprint density at radius 1 is 0.385 bits per heavy atom. The first-order chi connectivity index (χ1) is 12.4. The molecule has 0 atom stereocenters. The maximum absolute atomic E-state index is 9.16. The van der Waals surface area contributed by atoms with Gasteiger partial charge in [0, 0.05) is 0 Å². The van der Waals surface area contributed by atoms with Gasteiger partial charge in [-0.3, -0.25) is 0 Å². The smallest absolute Gasteiger partial charge is 0.102 e. The number of quaternary nitrogens is 2. The van der Waals surface area contributed by atoms with E-state index in [0.717, 1.165) is 61.1 Å². The number of hydrogen-bond acceptors (Lipinski definition) is 4. The van der Waals surface area contributed by atoms with Gasteiger partial charge in [0.25, 0.3) is 0 Å². The fourth-order valence-electron chi connectivity index (χ4n) is 3.68. The number of likely N-dealkylation sites (N-methyl/N-ethyl adjacent to an activating group) is 2. The largest absolute Gasteiger partial charge is 0.391 e. The van der Waals surface area contributed by atoms with E-state index in [2.05, 4.69) is 14.1 Å². The lowest BCUT2D eigenvalue weighted by atomic mass is 10.1. The molecule has 0 aromatic rings.